The zero-order valence-corrected chi connectivity index (χ0v) is 9.71. The fourth-order valence-electron chi connectivity index (χ4n) is 1.75. The van der Waals surface area contributed by atoms with E-state index in [1.807, 2.05) is 30.3 Å². The third kappa shape index (κ3) is 1.73. The minimum atomic E-state index is -0.202. The summed E-state index contributed by atoms with van der Waals surface area (Å²) in [5.74, 6) is 0.405. The van der Waals surface area contributed by atoms with E-state index >= 15 is 0 Å². The van der Waals surface area contributed by atoms with E-state index in [1.165, 1.54) is 6.20 Å². The summed E-state index contributed by atoms with van der Waals surface area (Å²) in [5, 5.41) is 7.54. The highest BCUT2D eigenvalue weighted by Gasteiger charge is 2.07. The van der Waals surface area contributed by atoms with E-state index < -0.39 is 0 Å². The Kier molecular flexibility index (Phi) is 2.33. The van der Waals surface area contributed by atoms with Crippen LogP contribution in [0.5, 0.6) is 0 Å². The van der Waals surface area contributed by atoms with Gasteiger partial charge in [-0.2, -0.15) is 10.1 Å². The van der Waals surface area contributed by atoms with E-state index in [-0.39, 0.29) is 5.56 Å². The monoisotopic (exact) mass is 241 g/mol. The number of rotatable bonds is 2. The number of aromatic amines is 1. The fraction of sp³-hybridized carbons (Fsp3) is 0.0833. The first-order valence-corrected chi connectivity index (χ1v) is 5.48. The van der Waals surface area contributed by atoms with Gasteiger partial charge in [0, 0.05) is 12.7 Å². The molecule has 0 saturated carbocycles. The summed E-state index contributed by atoms with van der Waals surface area (Å²) in [4.78, 5) is 18.8. The van der Waals surface area contributed by atoms with Crippen LogP contribution in [-0.2, 0) is 7.05 Å². The van der Waals surface area contributed by atoms with Gasteiger partial charge in [0.15, 0.2) is 5.65 Å². The van der Waals surface area contributed by atoms with E-state index in [2.05, 4.69) is 20.4 Å². The molecule has 6 nitrogen and oxygen atoms in total. The van der Waals surface area contributed by atoms with Gasteiger partial charge in [0.05, 0.1) is 6.20 Å². The van der Waals surface area contributed by atoms with Gasteiger partial charge in [0.1, 0.15) is 5.39 Å². The average Bonchev–Trinajstić information content (AvgIpc) is 2.73. The lowest BCUT2D eigenvalue weighted by molar-refractivity contribution is 0.786. The summed E-state index contributed by atoms with van der Waals surface area (Å²) < 4.78 is 1.57. The topological polar surface area (TPSA) is 75.6 Å². The zero-order chi connectivity index (χ0) is 12.5. The molecule has 0 fully saturated rings. The number of nitrogens with zero attached hydrogens (tertiary/aromatic N) is 3. The van der Waals surface area contributed by atoms with Crippen molar-refractivity contribution in [3.8, 4) is 0 Å². The highest BCUT2D eigenvalue weighted by Crippen LogP contribution is 2.12. The number of anilines is 2. The minimum Gasteiger partial charge on any atom is -0.326 e. The van der Waals surface area contributed by atoms with Crippen LogP contribution in [0.2, 0.25) is 0 Å². The van der Waals surface area contributed by atoms with Gasteiger partial charge in [-0.1, -0.05) is 18.2 Å². The Morgan fingerprint density at radius 1 is 1.28 bits per heavy atom. The van der Waals surface area contributed by atoms with Crippen molar-refractivity contribution in [3.63, 3.8) is 0 Å². The second-order valence-electron chi connectivity index (χ2n) is 3.91. The van der Waals surface area contributed by atoms with Gasteiger partial charge in [-0.3, -0.25) is 14.5 Å². The molecule has 0 bridgehead atoms. The highest BCUT2D eigenvalue weighted by atomic mass is 16.1. The quantitative estimate of drug-likeness (QED) is 0.711. The minimum absolute atomic E-state index is 0.202. The number of fused-ring (bicyclic) bond motifs is 1. The largest absolute Gasteiger partial charge is 0.326 e. The standard InChI is InChI=1S/C12H11N5O/c1-17-10-9(7-13-17)11(18)16-12(15-10)14-8-5-3-2-4-6-8/h2-7H,1H3,(H2,14,15,16,18). The molecular weight excluding hydrogens is 230 g/mol. The lowest BCUT2D eigenvalue weighted by atomic mass is 10.3. The first-order valence-electron chi connectivity index (χ1n) is 5.48. The zero-order valence-electron chi connectivity index (χ0n) is 9.71. The number of hydrogen-bond acceptors (Lipinski definition) is 4. The normalized spacial score (nSPS) is 10.7. The third-order valence-corrected chi connectivity index (χ3v) is 2.64. The Labute approximate surface area is 102 Å². The van der Waals surface area contributed by atoms with Crippen LogP contribution in [0, 0.1) is 0 Å². The van der Waals surface area contributed by atoms with Crippen LogP contribution in [0.4, 0.5) is 11.6 Å². The second kappa shape index (κ2) is 3.99. The van der Waals surface area contributed by atoms with Crippen LogP contribution in [0.15, 0.2) is 41.3 Å². The summed E-state index contributed by atoms with van der Waals surface area (Å²) in [5.41, 5.74) is 1.21. The molecule has 6 heteroatoms. The van der Waals surface area contributed by atoms with Crippen molar-refractivity contribution < 1.29 is 0 Å². The number of nitrogens with one attached hydrogen (secondary N) is 2. The molecule has 90 valence electrons. The van der Waals surface area contributed by atoms with Crippen LogP contribution in [-0.4, -0.2) is 19.7 Å². The molecule has 0 aliphatic rings. The van der Waals surface area contributed by atoms with Gasteiger partial charge in [0.25, 0.3) is 5.56 Å². The molecule has 2 heterocycles. The van der Waals surface area contributed by atoms with Gasteiger partial charge in [-0.15, -0.1) is 0 Å². The first kappa shape index (κ1) is 10.5. The Bertz CT molecular complexity index is 744. The molecule has 0 amide bonds. The molecule has 0 aliphatic carbocycles. The molecule has 0 radical (unpaired) electrons. The van der Waals surface area contributed by atoms with Crippen molar-refractivity contribution >= 4 is 22.7 Å². The number of aryl methyl sites for hydroxylation is 1. The lowest BCUT2D eigenvalue weighted by Gasteiger charge is -2.04. The van der Waals surface area contributed by atoms with Crippen LogP contribution < -0.4 is 10.9 Å². The van der Waals surface area contributed by atoms with Crippen molar-refractivity contribution in [2.45, 2.75) is 0 Å². The second-order valence-corrected chi connectivity index (χ2v) is 3.91. The van der Waals surface area contributed by atoms with Crippen molar-refractivity contribution in [2.24, 2.45) is 7.05 Å². The van der Waals surface area contributed by atoms with Crippen molar-refractivity contribution in [1.29, 1.82) is 0 Å². The van der Waals surface area contributed by atoms with Crippen molar-refractivity contribution in [1.82, 2.24) is 19.7 Å². The number of benzene rings is 1. The molecule has 3 rings (SSSR count). The smallest absolute Gasteiger partial charge is 0.263 e. The maximum atomic E-state index is 11.8. The lowest BCUT2D eigenvalue weighted by Crippen LogP contribution is -2.11. The van der Waals surface area contributed by atoms with E-state index in [4.69, 9.17) is 0 Å². The van der Waals surface area contributed by atoms with Crippen LogP contribution in [0.3, 0.4) is 0 Å². The Balaban J connectivity index is 2.08. The van der Waals surface area contributed by atoms with Crippen molar-refractivity contribution in [3.05, 3.63) is 46.9 Å². The molecule has 18 heavy (non-hydrogen) atoms. The van der Waals surface area contributed by atoms with Crippen LogP contribution in [0.25, 0.3) is 11.0 Å². The van der Waals surface area contributed by atoms with Gasteiger partial charge in [-0.05, 0) is 12.1 Å². The van der Waals surface area contributed by atoms with Gasteiger partial charge in [0.2, 0.25) is 5.95 Å². The first-order chi connectivity index (χ1) is 8.74. The van der Waals surface area contributed by atoms with E-state index in [0.717, 1.165) is 5.69 Å². The Morgan fingerprint density at radius 3 is 2.83 bits per heavy atom. The van der Waals surface area contributed by atoms with E-state index in [9.17, 15) is 4.79 Å². The predicted molar refractivity (Wildman–Crippen MR) is 68.9 cm³/mol. The molecule has 2 N–H and O–H groups in total. The molecule has 0 atom stereocenters. The summed E-state index contributed by atoms with van der Waals surface area (Å²) >= 11 is 0. The molecule has 3 aromatic rings. The number of hydrogen-bond donors (Lipinski definition) is 2. The van der Waals surface area contributed by atoms with Gasteiger partial charge >= 0.3 is 0 Å². The Hall–Kier alpha value is -2.63. The highest BCUT2D eigenvalue weighted by molar-refractivity contribution is 5.74. The van der Waals surface area contributed by atoms with Crippen LogP contribution >= 0.6 is 0 Å². The molecule has 0 aliphatic heterocycles. The molecular formula is C12H11N5O. The maximum absolute atomic E-state index is 11.8. The van der Waals surface area contributed by atoms with E-state index in [0.29, 0.717) is 17.0 Å². The van der Waals surface area contributed by atoms with Crippen molar-refractivity contribution in [2.75, 3.05) is 5.32 Å². The molecule has 2 aromatic heterocycles. The summed E-state index contributed by atoms with van der Waals surface area (Å²) in [6.07, 6.45) is 1.51. The molecule has 0 unspecified atom stereocenters. The summed E-state index contributed by atoms with van der Waals surface area (Å²) in [6.45, 7) is 0. The maximum Gasteiger partial charge on any atom is 0.263 e. The van der Waals surface area contributed by atoms with Gasteiger partial charge in [-0.25, -0.2) is 0 Å². The molecule has 0 spiro atoms. The number of H-pyrrole nitrogens is 1. The number of para-hydroxylation sites is 1. The molecule has 0 saturated heterocycles. The Morgan fingerprint density at radius 2 is 2.06 bits per heavy atom. The third-order valence-electron chi connectivity index (χ3n) is 2.64. The SMILES string of the molecule is Cn1ncc2c(=O)[nH]c(Nc3ccccc3)nc21. The average molecular weight is 241 g/mol. The van der Waals surface area contributed by atoms with E-state index in [1.54, 1.807) is 11.7 Å². The predicted octanol–water partition coefficient (Wildman–Crippen LogP) is 1.40. The summed E-state index contributed by atoms with van der Waals surface area (Å²) in [7, 11) is 1.75. The molecule has 1 aromatic carbocycles. The van der Waals surface area contributed by atoms with Crippen LogP contribution in [0.1, 0.15) is 0 Å². The van der Waals surface area contributed by atoms with Gasteiger partial charge < -0.3 is 5.32 Å². The number of aromatic nitrogens is 4. The fourth-order valence-corrected chi connectivity index (χ4v) is 1.75. The summed E-state index contributed by atoms with van der Waals surface area (Å²) in [6, 6.07) is 9.53.